The quantitative estimate of drug-likeness (QED) is 0.678. The van der Waals surface area contributed by atoms with Gasteiger partial charge in [0.05, 0.1) is 11.7 Å². The van der Waals surface area contributed by atoms with Gasteiger partial charge < -0.3 is 10.2 Å². The monoisotopic (exact) mass is 432 g/mol. The van der Waals surface area contributed by atoms with Gasteiger partial charge in [-0.1, -0.05) is 43.7 Å². The fraction of sp³-hybridized carbons (Fsp3) is 0.320. The second-order valence-electron chi connectivity index (χ2n) is 8.57. The van der Waals surface area contributed by atoms with Crippen molar-refractivity contribution in [3.05, 3.63) is 82.9 Å². The summed E-state index contributed by atoms with van der Waals surface area (Å²) in [7, 11) is 1.77. The minimum Gasteiger partial charge on any atom is -0.329 e. The van der Waals surface area contributed by atoms with E-state index in [0.717, 1.165) is 35.3 Å². The Morgan fingerprint density at radius 1 is 1.22 bits per heavy atom. The lowest BCUT2D eigenvalue weighted by molar-refractivity contribution is -0.121. The Morgan fingerprint density at radius 2 is 1.97 bits per heavy atom. The first-order valence-electron chi connectivity index (χ1n) is 11.0. The number of likely N-dealkylation sites (tertiary alicyclic amines) is 1. The van der Waals surface area contributed by atoms with E-state index in [0.29, 0.717) is 18.7 Å². The highest BCUT2D eigenvalue weighted by atomic mass is 19.1. The van der Waals surface area contributed by atoms with Gasteiger partial charge in [-0.3, -0.25) is 14.3 Å². The molecule has 1 saturated heterocycles. The zero-order chi connectivity index (χ0) is 22.5. The van der Waals surface area contributed by atoms with Gasteiger partial charge in [-0.25, -0.2) is 4.39 Å². The molecule has 1 spiro atoms. The lowest BCUT2D eigenvalue weighted by atomic mass is 9.72. The number of aromatic nitrogens is 2. The van der Waals surface area contributed by atoms with Crippen LogP contribution < -0.4 is 5.32 Å². The molecule has 1 N–H and O–H groups in total. The lowest BCUT2D eigenvalue weighted by Crippen LogP contribution is -2.43. The first-order chi connectivity index (χ1) is 15.5. The molecule has 5 rings (SSSR count). The normalized spacial score (nSPS) is 21.8. The Hall–Kier alpha value is -3.48. The largest absolute Gasteiger partial charge is 0.329 e. The molecule has 2 aliphatic rings. The molecule has 1 aromatic heterocycles. The van der Waals surface area contributed by atoms with Gasteiger partial charge in [-0.15, -0.1) is 0 Å². The predicted octanol–water partition coefficient (Wildman–Crippen LogP) is 3.99. The Bertz CT molecular complexity index is 1200. The molecular formula is C25H25FN4O2. The number of para-hydroxylation sites is 1. The Labute approximate surface area is 186 Å². The van der Waals surface area contributed by atoms with E-state index in [1.807, 2.05) is 30.3 Å². The molecule has 1 fully saturated rings. The van der Waals surface area contributed by atoms with Crippen molar-refractivity contribution in [3.63, 3.8) is 0 Å². The van der Waals surface area contributed by atoms with Crippen molar-refractivity contribution in [2.24, 2.45) is 7.05 Å². The molecule has 2 aromatic carbocycles. The van der Waals surface area contributed by atoms with Crippen LogP contribution in [0.4, 0.5) is 10.1 Å². The van der Waals surface area contributed by atoms with Crippen molar-refractivity contribution in [1.29, 1.82) is 0 Å². The highest BCUT2D eigenvalue weighted by molar-refractivity contribution is 6.08. The lowest BCUT2D eigenvalue weighted by Gasteiger charge is -2.34. The molecule has 164 valence electrons. The van der Waals surface area contributed by atoms with Gasteiger partial charge in [-0.05, 0) is 48.2 Å². The van der Waals surface area contributed by atoms with Crippen LogP contribution >= 0.6 is 0 Å². The summed E-state index contributed by atoms with van der Waals surface area (Å²) >= 11 is 0. The van der Waals surface area contributed by atoms with Crippen LogP contribution in [-0.4, -0.2) is 33.0 Å². The summed E-state index contributed by atoms with van der Waals surface area (Å²) in [5, 5.41) is 7.49. The van der Waals surface area contributed by atoms with Crippen LogP contribution in [0.1, 0.15) is 53.1 Å². The van der Waals surface area contributed by atoms with Crippen molar-refractivity contribution in [2.45, 2.75) is 37.6 Å². The summed E-state index contributed by atoms with van der Waals surface area (Å²) < 4.78 is 15.3. The maximum absolute atomic E-state index is 13.8. The van der Waals surface area contributed by atoms with E-state index >= 15 is 0 Å². The second kappa shape index (κ2) is 7.58. The van der Waals surface area contributed by atoms with E-state index in [-0.39, 0.29) is 17.6 Å². The average Bonchev–Trinajstić information content (AvgIpc) is 3.44. The van der Waals surface area contributed by atoms with Crippen LogP contribution in [0.3, 0.4) is 0 Å². The van der Waals surface area contributed by atoms with Crippen molar-refractivity contribution in [3.8, 4) is 0 Å². The van der Waals surface area contributed by atoms with E-state index in [2.05, 4.69) is 17.3 Å². The number of benzene rings is 2. The average molecular weight is 432 g/mol. The number of nitrogens with zero attached hydrogens (tertiary/aromatic N) is 3. The van der Waals surface area contributed by atoms with Crippen LogP contribution in [0.25, 0.3) is 0 Å². The molecule has 0 aliphatic carbocycles. The topological polar surface area (TPSA) is 67.2 Å². The molecule has 3 heterocycles. The number of aryl methyl sites for hydroxylation is 2. The molecule has 0 saturated carbocycles. The molecule has 3 aromatic rings. The number of hydrogen-bond donors (Lipinski definition) is 1. The highest BCUT2D eigenvalue weighted by Crippen LogP contribution is 2.54. The molecule has 2 aliphatic heterocycles. The number of carbonyl (C=O) groups is 2. The molecule has 2 amide bonds. The van der Waals surface area contributed by atoms with Crippen LogP contribution in [0.2, 0.25) is 0 Å². The number of rotatable bonds is 4. The fourth-order valence-electron chi connectivity index (χ4n) is 5.27. The third-order valence-electron chi connectivity index (χ3n) is 6.69. The maximum atomic E-state index is 13.8. The molecule has 7 heteroatoms. The van der Waals surface area contributed by atoms with Gasteiger partial charge in [0.2, 0.25) is 5.91 Å². The van der Waals surface area contributed by atoms with Crippen LogP contribution in [-0.2, 0) is 23.7 Å². The van der Waals surface area contributed by atoms with E-state index in [1.54, 1.807) is 28.8 Å². The number of carbonyl (C=O) groups excluding carboxylic acids is 2. The SMILES string of the molecule is CCCc1cc(C(=O)N2CC[C@]3(C(=O)Nc4ccccc43)[C@@H]2c2ccc(F)cc2)n(C)n1. The molecule has 32 heavy (non-hydrogen) atoms. The van der Waals surface area contributed by atoms with Gasteiger partial charge >= 0.3 is 0 Å². The van der Waals surface area contributed by atoms with Crippen LogP contribution in [0.15, 0.2) is 54.6 Å². The number of halogens is 1. The first-order valence-corrected chi connectivity index (χ1v) is 11.0. The minimum absolute atomic E-state index is 0.125. The van der Waals surface area contributed by atoms with Gasteiger partial charge in [-0.2, -0.15) is 5.10 Å². The molecule has 0 radical (unpaired) electrons. The number of hydrogen-bond acceptors (Lipinski definition) is 3. The Kier molecular flexibility index (Phi) is 4.84. The first kappa shape index (κ1) is 20.4. The number of nitrogens with one attached hydrogen (secondary N) is 1. The molecule has 0 bridgehead atoms. The van der Waals surface area contributed by atoms with Crippen molar-refractivity contribution in [2.75, 3.05) is 11.9 Å². The molecule has 0 unspecified atom stereocenters. The summed E-state index contributed by atoms with van der Waals surface area (Å²) in [5.41, 5.74) is 2.82. The molecular weight excluding hydrogens is 407 g/mol. The van der Waals surface area contributed by atoms with Crippen LogP contribution in [0, 0.1) is 5.82 Å². The van der Waals surface area contributed by atoms with Gasteiger partial charge in [0.1, 0.15) is 16.9 Å². The Balaban J connectivity index is 1.63. The minimum atomic E-state index is -0.922. The van der Waals surface area contributed by atoms with Crippen molar-refractivity contribution < 1.29 is 14.0 Å². The third kappa shape index (κ3) is 2.95. The van der Waals surface area contributed by atoms with Gasteiger partial charge in [0.15, 0.2) is 0 Å². The Morgan fingerprint density at radius 3 is 2.72 bits per heavy atom. The summed E-state index contributed by atoms with van der Waals surface area (Å²) in [4.78, 5) is 28.9. The van der Waals surface area contributed by atoms with E-state index < -0.39 is 11.5 Å². The van der Waals surface area contributed by atoms with Crippen molar-refractivity contribution >= 4 is 17.5 Å². The van der Waals surface area contributed by atoms with Crippen molar-refractivity contribution in [1.82, 2.24) is 14.7 Å². The zero-order valence-corrected chi connectivity index (χ0v) is 18.1. The smallest absolute Gasteiger partial charge is 0.272 e. The van der Waals surface area contributed by atoms with E-state index in [4.69, 9.17) is 0 Å². The summed E-state index contributed by atoms with van der Waals surface area (Å²) in [6.45, 7) is 2.48. The van der Waals surface area contributed by atoms with E-state index in [1.165, 1.54) is 12.1 Å². The van der Waals surface area contributed by atoms with Gasteiger partial charge in [0, 0.05) is 19.3 Å². The summed E-state index contributed by atoms with van der Waals surface area (Å²) in [6.07, 6.45) is 2.22. The zero-order valence-electron chi connectivity index (χ0n) is 18.1. The number of amides is 2. The number of fused-ring (bicyclic) bond motifs is 2. The fourth-order valence-corrected chi connectivity index (χ4v) is 5.27. The number of anilines is 1. The summed E-state index contributed by atoms with van der Waals surface area (Å²) in [5.74, 6) is -0.656. The van der Waals surface area contributed by atoms with Gasteiger partial charge in [0.25, 0.3) is 5.91 Å². The third-order valence-corrected chi connectivity index (χ3v) is 6.69. The standard InChI is InChI=1S/C25H25FN4O2/c1-3-6-18-15-21(29(2)28-18)23(31)30-14-13-25(22(30)16-9-11-17(26)12-10-16)19-7-4-5-8-20(19)27-24(25)32/h4-5,7-12,15,22H,3,6,13-14H2,1-2H3,(H,27,32)/t22-,25+/m0/s1. The summed E-state index contributed by atoms with van der Waals surface area (Å²) in [6, 6.07) is 15.0. The van der Waals surface area contributed by atoms with Crippen LogP contribution in [0.5, 0.6) is 0 Å². The van der Waals surface area contributed by atoms with E-state index in [9.17, 15) is 14.0 Å². The second-order valence-corrected chi connectivity index (χ2v) is 8.57. The maximum Gasteiger partial charge on any atom is 0.272 e. The highest BCUT2D eigenvalue weighted by Gasteiger charge is 2.59. The molecule has 6 nitrogen and oxygen atoms in total. The predicted molar refractivity (Wildman–Crippen MR) is 119 cm³/mol. The molecule has 2 atom stereocenters.